The predicted molar refractivity (Wildman–Crippen MR) is 73.8 cm³/mol. The normalized spacial score (nSPS) is 10.2. The topological polar surface area (TPSA) is 83.8 Å². The number of ether oxygens (including phenoxy) is 1. The van der Waals surface area contributed by atoms with Gasteiger partial charge in [-0.15, -0.1) is 0 Å². The van der Waals surface area contributed by atoms with Gasteiger partial charge in [0.2, 0.25) is 0 Å². The number of rotatable bonds is 8. The van der Waals surface area contributed by atoms with Crippen LogP contribution in [0.3, 0.4) is 0 Å². The molecule has 0 fully saturated rings. The highest BCUT2D eigenvalue weighted by molar-refractivity contribution is 5.85. The predicted octanol–water partition coefficient (Wildman–Crippen LogP) is 2.31. The fraction of sp³-hybridized carbons (Fsp3) is 0.571. The van der Waals surface area contributed by atoms with Gasteiger partial charge in [0.1, 0.15) is 0 Å². The van der Waals surface area contributed by atoms with Crippen molar-refractivity contribution in [3.8, 4) is 0 Å². The Morgan fingerprint density at radius 3 is 2.37 bits per heavy atom. The van der Waals surface area contributed by atoms with Crippen LogP contribution < -0.4 is 0 Å². The van der Waals surface area contributed by atoms with Crippen LogP contribution in [0.25, 0.3) is 0 Å². The van der Waals surface area contributed by atoms with E-state index >= 15 is 0 Å². The molecule has 2 N–H and O–H groups in total. The minimum Gasteiger partial charge on any atom is -0.478 e. The monoisotopic (exact) mass is 272 g/mol. The first kappa shape index (κ1) is 19.7. The van der Waals surface area contributed by atoms with Gasteiger partial charge in [-0.2, -0.15) is 0 Å². The lowest BCUT2D eigenvalue weighted by atomic mass is 10.2. The SMILES string of the molecule is C=CC(=O)OCCCC.CC(=CCCCO)C(=O)O. The summed E-state index contributed by atoms with van der Waals surface area (Å²) in [5, 5.41) is 16.7. The number of aliphatic hydroxyl groups is 1. The van der Waals surface area contributed by atoms with E-state index in [-0.39, 0.29) is 12.6 Å². The zero-order chi connectivity index (χ0) is 15.1. The summed E-state index contributed by atoms with van der Waals surface area (Å²) in [7, 11) is 0. The van der Waals surface area contributed by atoms with Crippen LogP contribution in [-0.2, 0) is 14.3 Å². The van der Waals surface area contributed by atoms with Crippen molar-refractivity contribution in [1.29, 1.82) is 0 Å². The maximum Gasteiger partial charge on any atom is 0.330 e. The molecular formula is C14H24O5. The molecule has 0 heterocycles. The van der Waals surface area contributed by atoms with Crippen molar-refractivity contribution in [3.63, 3.8) is 0 Å². The molecule has 0 aromatic carbocycles. The molecule has 0 saturated heterocycles. The molecule has 0 amide bonds. The third-order valence-corrected chi connectivity index (χ3v) is 2.06. The summed E-state index contributed by atoms with van der Waals surface area (Å²) in [6.07, 6.45) is 6.03. The molecule has 0 aliphatic carbocycles. The van der Waals surface area contributed by atoms with Gasteiger partial charge in [-0.25, -0.2) is 9.59 Å². The third kappa shape index (κ3) is 16.4. The van der Waals surface area contributed by atoms with Crippen LogP contribution in [0.4, 0.5) is 0 Å². The summed E-state index contributed by atoms with van der Waals surface area (Å²) in [6, 6.07) is 0. The molecule has 0 aromatic heterocycles. The molecule has 0 aliphatic rings. The average Bonchev–Trinajstić information content (AvgIpc) is 2.39. The van der Waals surface area contributed by atoms with Crippen LogP contribution in [0.1, 0.15) is 39.5 Å². The molecule has 0 aliphatic heterocycles. The zero-order valence-electron chi connectivity index (χ0n) is 11.7. The van der Waals surface area contributed by atoms with Gasteiger partial charge in [0, 0.05) is 18.3 Å². The molecule has 0 rings (SSSR count). The first-order valence-corrected chi connectivity index (χ1v) is 6.29. The van der Waals surface area contributed by atoms with Crippen LogP contribution in [0.2, 0.25) is 0 Å². The largest absolute Gasteiger partial charge is 0.478 e. The van der Waals surface area contributed by atoms with Crippen molar-refractivity contribution >= 4 is 11.9 Å². The third-order valence-electron chi connectivity index (χ3n) is 2.06. The Kier molecular flexibility index (Phi) is 15.0. The number of esters is 1. The maximum atomic E-state index is 10.3. The summed E-state index contributed by atoms with van der Waals surface area (Å²) >= 11 is 0. The second-order valence-electron chi connectivity index (χ2n) is 3.78. The Hall–Kier alpha value is -1.62. The molecule has 0 bridgehead atoms. The van der Waals surface area contributed by atoms with Gasteiger partial charge in [0.25, 0.3) is 0 Å². The number of aliphatic carboxylic acids is 1. The number of hydrogen-bond acceptors (Lipinski definition) is 4. The fourth-order valence-corrected chi connectivity index (χ4v) is 0.873. The number of unbranched alkanes of at least 4 members (excludes halogenated alkanes) is 2. The van der Waals surface area contributed by atoms with Crippen molar-refractivity contribution < 1.29 is 24.5 Å². The molecule has 0 saturated carbocycles. The molecule has 0 unspecified atom stereocenters. The lowest BCUT2D eigenvalue weighted by molar-refractivity contribution is -0.138. The Morgan fingerprint density at radius 1 is 1.32 bits per heavy atom. The van der Waals surface area contributed by atoms with E-state index in [9.17, 15) is 9.59 Å². The van der Waals surface area contributed by atoms with Gasteiger partial charge in [-0.3, -0.25) is 0 Å². The minimum atomic E-state index is -0.891. The van der Waals surface area contributed by atoms with E-state index in [1.165, 1.54) is 6.08 Å². The van der Waals surface area contributed by atoms with Gasteiger partial charge < -0.3 is 14.9 Å². The van der Waals surface area contributed by atoms with Gasteiger partial charge in [-0.1, -0.05) is 26.0 Å². The van der Waals surface area contributed by atoms with Crippen LogP contribution in [-0.4, -0.2) is 35.4 Å². The molecule has 0 radical (unpaired) electrons. The number of allylic oxidation sites excluding steroid dienone is 1. The van der Waals surface area contributed by atoms with Crippen LogP contribution in [0.5, 0.6) is 0 Å². The Balaban J connectivity index is 0. The van der Waals surface area contributed by atoms with Crippen LogP contribution >= 0.6 is 0 Å². The van der Waals surface area contributed by atoms with Gasteiger partial charge >= 0.3 is 11.9 Å². The number of aliphatic hydroxyl groups excluding tert-OH is 1. The Labute approximate surface area is 114 Å². The lowest BCUT2D eigenvalue weighted by Gasteiger charge is -1.97. The first-order chi connectivity index (χ1) is 8.99. The van der Waals surface area contributed by atoms with Crippen molar-refractivity contribution in [1.82, 2.24) is 0 Å². The van der Waals surface area contributed by atoms with E-state index in [0.717, 1.165) is 12.8 Å². The summed E-state index contributed by atoms with van der Waals surface area (Å²) in [4.78, 5) is 20.5. The lowest BCUT2D eigenvalue weighted by Crippen LogP contribution is -2.00. The highest BCUT2D eigenvalue weighted by Crippen LogP contribution is 1.97. The van der Waals surface area contributed by atoms with E-state index < -0.39 is 5.97 Å². The van der Waals surface area contributed by atoms with Crippen molar-refractivity contribution in [2.75, 3.05) is 13.2 Å². The maximum absolute atomic E-state index is 10.3. The number of carbonyl (C=O) groups is 2. The second kappa shape index (κ2) is 14.4. The Bertz CT molecular complexity index is 294. The number of carboxylic acid groups (broad SMARTS) is 1. The van der Waals surface area contributed by atoms with Gasteiger partial charge in [0.15, 0.2) is 0 Å². The van der Waals surface area contributed by atoms with Crippen molar-refractivity contribution in [2.24, 2.45) is 0 Å². The number of hydrogen-bond donors (Lipinski definition) is 2. The highest BCUT2D eigenvalue weighted by Gasteiger charge is 1.96. The van der Waals surface area contributed by atoms with E-state index in [1.54, 1.807) is 13.0 Å². The van der Waals surface area contributed by atoms with Crippen molar-refractivity contribution in [3.05, 3.63) is 24.3 Å². The zero-order valence-corrected chi connectivity index (χ0v) is 11.7. The average molecular weight is 272 g/mol. The van der Waals surface area contributed by atoms with Crippen LogP contribution in [0.15, 0.2) is 24.3 Å². The molecule has 0 atom stereocenters. The standard InChI is InChI=1S/C7H12O3.C7H12O2/c1-6(7(9)10)4-2-3-5-8;1-3-5-6-9-7(8)4-2/h4,8H,2-3,5H2,1H3,(H,9,10);4H,2-3,5-6H2,1H3. The molecule has 19 heavy (non-hydrogen) atoms. The van der Waals surface area contributed by atoms with Gasteiger partial charge in [-0.05, 0) is 26.2 Å². The number of carboxylic acids is 1. The molecule has 0 spiro atoms. The summed E-state index contributed by atoms with van der Waals surface area (Å²) in [6.45, 7) is 7.48. The second-order valence-corrected chi connectivity index (χ2v) is 3.78. The molecule has 110 valence electrons. The van der Waals surface area contributed by atoms with Crippen molar-refractivity contribution in [2.45, 2.75) is 39.5 Å². The smallest absolute Gasteiger partial charge is 0.330 e. The van der Waals surface area contributed by atoms with Gasteiger partial charge in [0.05, 0.1) is 6.61 Å². The summed E-state index contributed by atoms with van der Waals surface area (Å²) < 4.78 is 4.67. The summed E-state index contributed by atoms with van der Waals surface area (Å²) in [5.41, 5.74) is 0.341. The molecular weight excluding hydrogens is 248 g/mol. The molecule has 0 aromatic rings. The highest BCUT2D eigenvalue weighted by atomic mass is 16.5. The van der Waals surface area contributed by atoms with E-state index in [0.29, 0.717) is 25.0 Å². The number of carbonyl (C=O) groups excluding carboxylic acids is 1. The van der Waals surface area contributed by atoms with Crippen LogP contribution in [0, 0.1) is 0 Å². The quantitative estimate of drug-likeness (QED) is 0.402. The van der Waals surface area contributed by atoms with E-state index in [2.05, 4.69) is 11.3 Å². The first-order valence-electron chi connectivity index (χ1n) is 6.29. The molecule has 5 nitrogen and oxygen atoms in total. The molecule has 5 heteroatoms. The minimum absolute atomic E-state index is 0.114. The summed E-state index contributed by atoms with van der Waals surface area (Å²) in [5.74, 6) is -1.22. The van der Waals surface area contributed by atoms with E-state index in [1.807, 2.05) is 6.92 Å². The fourth-order valence-electron chi connectivity index (χ4n) is 0.873. The Morgan fingerprint density at radius 2 is 1.95 bits per heavy atom. The van der Waals surface area contributed by atoms with E-state index in [4.69, 9.17) is 10.2 Å².